The van der Waals surface area contributed by atoms with Crippen molar-refractivity contribution in [1.82, 2.24) is 19.6 Å². The Bertz CT molecular complexity index is 669. The van der Waals surface area contributed by atoms with Gasteiger partial charge < -0.3 is 4.74 Å². The molecule has 0 N–H and O–H groups in total. The molecule has 0 aliphatic carbocycles. The summed E-state index contributed by atoms with van der Waals surface area (Å²) in [4.78, 5) is 10.3. The number of hydrogen-bond donors (Lipinski definition) is 0. The Balaban J connectivity index is 0.000000198. The maximum Gasteiger partial charge on any atom is 0.350 e. The third kappa shape index (κ3) is 8.44. The first-order valence-corrected chi connectivity index (χ1v) is 15.6. The van der Waals surface area contributed by atoms with Crippen molar-refractivity contribution >= 4 is 23.7 Å². The number of nitrogens with zero attached hydrogens (tertiary/aromatic N) is 6. The van der Waals surface area contributed by atoms with Crippen LogP contribution in [0.2, 0.25) is 0 Å². The van der Waals surface area contributed by atoms with Gasteiger partial charge in [0.2, 0.25) is 0 Å². The Morgan fingerprint density at radius 2 is 1.31 bits per heavy atom. The minimum atomic E-state index is 0.831. The molecular weight excluding hydrogens is 456 g/mol. The SMILES string of the molecule is CCCN1CCCN(CCOC)C1=[N+]1CCCCC1.CCCN1CCC[N+](C)=C1N1CCSCC1. The molecule has 4 aliphatic heterocycles. The third-order valence-electron chi connectivity index (χ3n) is 7.45. The summed E-state index contributed by atoms with van der Waals surface area (Å²) in [6.45, 7) is 18.6. The normalized spacial score (nSPS) is 21.9. The van der Waals surface area contributed by atoms with Crippen LogP contribution in [0.1, 0.15) is 58.8 Å². The van der Waals surface area contributed by atoms with Gasteiger partial charge in [-0.2, -0.15) is 11.8 Å². The zero-order valence-electron chi connectivity index (χ0n) is 23.3. The van der Waals surface area contributed by atoms with Gasteiger partial charge in [-0.3, -0.25) is 28.8 Å². The molecule has 0 bridgehead atoms. The molecule has 3 saturated heterocycles. The molecule has 0 atom stereocenters. The van der Waals surface area contributed by atoms with E-state index in [1.807, 2.05) is 0 Å². The van der Waals surface area contributed by atoms with Gasteiger partial charge in [0.05, 0.1) is 85.6 Å². The minimum Gasteiger partial charge on any atom is -0.381 e. The highest BCUT2D eigenvalue weighted by Crippen LogP contribution is 2.15. The number of ether oxygens (including phenoxy) is 1. The topological polar surface area (TPSA) is 28.2 Å². The molecule has 4 rings (SSSR count). The molecule has 35 heavy (non-hydrogen) atoms. The quantitative estimate of drug-likeness (QED) is 0.489. The van der Waals surface area contributed by atoms with Gasteiger partial charge in [0.1, 0.15) is 0 Å². The first-order valence-electron chi connectivity index (χ1n) is 14.5. The maximum absolute atomic E-state index is 5.28. The van der Waals surface area contributed by atoms with Crippen LogP contribution in [0.25, 0.3) is 0 Å². The highest BCUT2D eigenvalue weighted by atomic mass is 32.2. The maximum atomic E-state index is 5.28. The number of rotatable bonds is 7. The van der Waals surface area contributed by atoms with Gasteiger partial charge in [-0.1, -0.05) is 13.8 Å². The molecule has 4 aliphatic rings. The number of hydrogen-bond acceptors (Lipinski definition) is 4. The lowest BCUT2D eigenvalue weighted by Gasteiger charge is -2.35. The van der Waals surface area contributed by atoms with Gasteiger partial charge in [-0.15, -0.1) is 0 Å². The Morgan fingerprint density at radius 3 is 1.94 bits per heavy atom. The molecule has 0 saturated carbocycles. The van der Waals surface area contributed by atoms with E-state index in [-0.39, 0.29) is 0 Å². The summed E-state index contributed by atoms with van der Waals surface area (Å²) in [5.41, 5.74) is 0. The largest absolute Gasteiger partial charge is 0.381 e. The molecule has 0 amide bonds. The lowest BCUT2D eigenvalue weighted by molar-refractivity contribution is -0.547. The van der Waals surface area contributed by atoms with Crippen LogP contribution in [-0.2, 0) is 4.74 Å². The van der Waals surface area contributed by atoms with Gasteiger partial charge in [0.15, 0.2) is 0 Å². The minimum absolute atomic E-state index is 0.831. The van der Waals surface area contributed by atoms with Crippen molar-refractivity contribution in [2.24, 2.45) is 0 Å². The predicted octanol–water partition coefficient (Wildman–Crippen LogP) is 2.75. The molecule has 0 spiro atoms. The zero-order chi connectivity index (χ0) is 24.9. The van der Waals surface area contributed by atoms with Crippen molar-refractivity contribution in [3.8, 4) is 0 Å². The van der Waals surface area contributed by atoms with E-state index in [4.69, 9.17) is 4.74 Å². The average Bonchev–Trinajstić information content (AvgIpc) is 2.89. The molecule has 8 heteroatoms. The van der Waals surface area contributed by atoms with Gasteiger partial charge in [0, 0.05) is 31.5 Å². The predicted molar refractivity (Wildman–Crippen MR) is 150 cm³/mol. The number of guanidine groups is 2. The number of thioether (sulfide) groups is 1. The Morgan fingerprint density at radius 1 is 0.714 bits per heavy atom. The molecule has 202 valence electrons. The molecule has 0 aromatic heterocycles. The van der Waals surface area contributed by atoms with E-state index in [9.17, 15) is 0 Å². The van der Waals surface area contributed by atoms with Crippen molar-refractivity contribution in [3.63, 3.8) is 0 Å². The fourth-order valence-electron chi connectivity index (χ4n) is 5.87. The molecule has 7 nitrogen and oxygen atoms in total. The summed E-state index contributed by atoms with van der Waals surface area (Å²) in [6.07, 6.45) is 9.16. The van der Waals surface area contributed by atoms with Gasteiger partial charge in [0.25, 0.3) is 0 Å². The summed E-state index contributed by atoms with van der Waals surface area (Å²) >= 11 is 2.09. The van der Waals surface area contributed by atoms with Gasteiger partial charge in [-0.05, 0) is 32.1 Å². The summed E-state index contributed by atoms with van der Waals surface area (Å²) in [7, 11) is 4.05. The summed E-state index contributed by atoms with van der Waals surface area (Å²) < 4.78 is 10.4. The second-order valence-electron chi connectivity index (χ2n) is 10.3. The molecule has 0 aromatic rings. The van der Waals surface area contributed by atoms with Crippen molar-refractivity contribution in [2.45, 2.75) is 58.8 Å². The molecule has 4 heterocycles. The number of piperidine rings is 1. The zero-order valence-corrected chi connectivity index (χ0v) is 24.2. The van der Waals surface area contributed by atoms with E-state index in [1.165, 1.54) is 134 Å². The van der Waals surface area contributed by atoms with E-state index < -0.39 is 0 Å². The summed E-state index contributed by atoms with van der Waals surface area (Å²) in [5.74, 6) is 5.56. The molecule has 0 radical (unpaired) electrons. The Hall–Kier alpha value is -1.15. The second kappa shape index (κ2) is 15.9. The fraction of sp³-hybridized carbons (Fsp3) is 0.926. The van der Waals surface area contributed by atoms with Crippen LogP contribution in [0.3, 0.4) is 0 Å². The lowest BCUT2D eigenvalue weighted by atomic mass is 10.1. The highest BCUT2D eigenvalue weighted by Gasteiger charge is 2.33. The monoisotopic (exact) mass is 510 g/mol. The molecule has 0 unspecified atom stereocenters. The van der Waals surface area contributed by atoms with Crippen molar-refractivity contribution in [2.75, 3.05) is 104 Å². The van der Waals surface area contributed by atoms with E-state index in [2.05, 4.69) is 61.4 Å². The standard InChI is InChI=1S/C15H30N3O.C12H24N3S/c1-3-8-16-11-7-12-18(13-14-19-2)15(16)17-9-5-4-6-10-17;1-3-5-14-7-4-6-13(2)12(14)15-8-10-16-11-9-15/h3-14H2,1-2H3;3-11H2,1-2H3/q2*+1. The molecular formula is C27H54N6OS+2. The summed E-state index contributed by atoms with van der Waals surface area (Å²) in [6, 6.07) is 0. The average molecular weight is 511 g/mol. The second-order valence-corrected chi connectivity index (χ2v) is 11.6. The van der Waals surface area contributed by atoms with Crippen molar-refractivity contribution in [3.05, 3.63) is 0 Å². The Kier molecular flexibility index (Phi) is 12.9. The van der Waals surface area contributed by atoms with E-state index >= 15 is 0 Å². The Labute approximate surface area is 220 Å². The van der Waals surface area contributed by atoms with Crippen LogP contribution in [-0.4, -0.2) is 145 Å². The molecule has 3 fully saturated rings. The van der Waals surface area contributed by atoms with E-state index in [1.54, 1.807) is 7.11 Å². The first kappa shape index (κ1) is 28.4. The lowest BCUT2D eigenvalue weighted by Crippen LogP contribution is -2.56. The van der Waals surface area contributed by atoms with E-state index in [0.29, 0.717) is 0 Å². The van der Waals surface area contributed by atoms with Crippen LogP contribution in [0.15, 0.2) is 0 Å². The van der Waals surface area contributed by atoms with Crippen molar-refractivity contribution < 1.29 is 13.9 Å². The van der Waals surface area contributed by atoms with Crippen molar-refractivity contribution in [1.29, 1.82) is 0 Å². The van der Waals surface area contributed by atoms with Crippen LogP contribution in [0.5, 0.6) is 0 Å². The third-order valence-corrected chi connectivity index (χ3v) is 8.40. The highest BCUT2D eigenvalue weighted by molar-refractivity contribution is 7.99. The van der Waals surface area contributed by atoms with Gasteiger partial charge >= 0.3 is 11.9 Å². The smallest absolute Gasteiger partial charge is 0.350 e. The first-order chi connectivity index (χ1) is 17.2. The van der Waals surface area contributed by atoms with Crippen LogP contribution < -0.4 is 0 Å². The van der Waals surface area contributed by atoms with Crippen LogP contribution in [0, 0.1) is 0 Å². The van der Waals surface area contributed by atoms with Crippen LogP contribution >= 0.6 is 11.8 Å². The molecule has 0 aromatic carbocycles. The van der Waals surface area contributed by atoms with E-state index in [0.717, 1.165) is 13.2 Å². The van der Waals surface area contributed by atoms with Gasteiger partial charge in [-0.25, -0.2) is 0 Å². The fourth-order valence-corrected chi connectivity index (χ4v) is 6.77. The summed E-state index contributed by atoms with van der Waals surface area (Å²) in [5, 5.41) is 0. The van der Waals surface area contributed by atoms with Crippen LogP contribution in [0.4, 0.5) is 0 Å². The number of methoxy groups -OCH3 is 1.